The van der Waals surface area contributed by atoms with E-state index in [2.05, 4.69) is 11.4 Å². The third-order valence-corrected chi connectivity index (χ3v) is 1.91. The van der Waals surface area contributed by atoms with E-state index in [0.717, 1.165) is 6.54 Å². The third-order valence-electron chi connectivity index (χ3n) is 1.91. The molecule has 0 saturated carbocycles. The summed E-state index contributed by atoms with van der Waals surface area (Å²) in [5, 5.41) is 11.5. The summed E-state index contributed by atoms with van der Waals surface area (Å²) in [5.74, 6) is 0. The molecule has 0 aromatic carbocycles. The Balaban J connectivity index is 1.92. The molecule has 2 aliphatic rings. The maximum absolute atomic E-state index is 8.32. The molecule has 0 radical (unpaired) electrons. The van der Waals surface area contributed by atoms with Crippen molar-refractivity contribution in [1.82, 2.24) is 5.32 Å². The van der Waals surface area contributed by atoms with Crippen LogP contribution in [0.2, 0.25) is 0 Å². The average Bonchev–Trinajstić information content (AvgIpc) is 2.54. The van der Waals surface area contributed by atoms with Gasteiger partial charge in [-0.05, 0) is 0 Å². The molecule has 0 aliphatic carbocycles. The van der Waals surface area contributed by atoms with Crippen molar-refractivity contribution in [2.45, 2.75) is 24.7 Å². The maximum Gasteiger partial charge on any atom is 0.102 e. The number of hydrogen-bond acceptors (Lipinski definition) is 3. The van der Waals surface area contributed by atoms with Crippen molar-refractivity contribution in [3.63, 3.8) is 0 Å². The highest BCUT2D eigenvalue weighted by Gasteiger charge is 2.49. The molecule has 2 rings (SSSR count). The molecular weight excluding hydrogens is 116 g/mol. The van der Waals surface area contributed by atoms with Crippen LogP contribution in [0.25, 0.3) is 0 Å². The second kappa shape index (κ2) is 1.69. The van der Waals surface area contributed by atoms with E-state index in [1.54, 1.807) is 0 Å². The summed E-state index contributed by atoms with van der Waals surface area (Å²) in [4.78, 5) is 0. The quantitative estimate of drug-likeness (QED) is 0.485. The largest absolute Gasteiger partial charge is 0.366 e. The van der Waals surface area contributed by atoms with Gasteiger partial charge in [0.05, 0.1) is 18.6 Å². The van der Waals surface area contributed by atoms with Crippen molar-refractivity contribution in [2.75, 3.05) is 6.54 Å². The molecule has 0 bridgehead atoms. The van der Waals surface area contributed by atoms with E-state index in [9.17, 15) is 0 Å². The minimum absolute atomic E-state index is 0.319. The van der Waals surface area contributed by atoms with Gasteiger partial charge in [-0.2, -0.15) is 5.26 Å². The number of nitrogens with zero attached hydrogens (tertiary/aromatic N) is 1. The van der Waals surface area contributed by atoms with Gasteiger partial charge >= 0.3 is 0 Å². The monoisotopic (exact) mass is 124 g/mol. The molecular formula is C6H8N2O. The number of ether oxygens (including phenoxy) is 1. The first-order valence-corrected chi connectivity index (χ1v) is 3.17. The predicted octanol–water partition coefficient (Wildman–Crippen LogP) is -0.361. The number of epoxide rings is 1. The number of rotatable bonds is 1. The van der Waals surface area contributed by atoms with E-state index in [4.69, 9.17) is 10.00 Å². The van der Waals surface area contributed by atoms with E-state index in [1.807, 2.05) is 0 Å². The Morgan fingerprint density at radius 3 is 3.11 bits per heavy atom. The van der Waals surface area contributed by atoms with Crippen LogP contribution in [0.4, 0.5) is 0 Å². The molecule has 3 nitrogen and oxygen atoms in total. The van der Waals surface area contributed by atoms with Gasteiger partial charge in [-0.15, -0.1) is 0 Å². The van der Waals surface area contributed by atoms with Gasteiger partial charge < -0.3 is 10.1 Å². The summed E-state index contributed by atoms with van der Waals surface area (Å²) in [7, 11) is 0. The van der Waals surface area contributed by atoms with Gasteiger partial charge in [-0.25, -0.2) is 0 Å². The van der Waals surface area contributed by atoms with Crippen LogP contribution in [-0.2, 0) is 4.74 Å². The summed E-state index contributed by atoms with van der Waals surface area (Å²) in [6.07, 6.45) is 1.38. The molecule has 0 amide bonds. The van der Waals surface area contributed by atoms with Crippen molar-refractivity contribution in [3.05, 3.63) is 0 Å². The minimum Gasteiger partial charge on any atom is -0.366 e. The van der Waals surface area contributed by atoms with Crippen molar-refractivity contribution in [1.29, 1.82) is 5.26 Å². The molecule has 3 heteroatoms. The van der Waals surface area contributed by atoms with E-state index >= 15 is 0 Å². The highest BCUT2D eigenvalue weighted by molar-refractivity contribution is 5.05. The van der Waals surface area contributed by atoms with Crippen LogP contribution < -0.4 is 5.32 Å². The molecule has 48 valence electrons. The summed E-state index contributed by atoms with van der Waals surface area (Å²) in [5.41, 5.74) is 0. The van der Waals surface area contributed by atoms with Gasteiger partial charge in [-0.1, -0.05) is 0 Å². The van der Waals surface area contributed by atoms with Crippen molar-refractivity contribution < 1.29 is 4.74 Å². The van der Waals surface area contributed by atoms with Gasteiger partial charge in [0, 0.05) is 12.6 Å². The molecule has 0 aromatic heterocycles. The fourth-order valence-electron chi connectivity index (χ4n) is 1.35. The number of hydrogen-bond donors (Lipinski definition) is 1. The number of fused-ring (bicyclic) bond motifs is 1. The Bertz CT molecular complexity index is 163. The van der Waals surface area contributed by atoms with Gasteiger partial charge in [0.2, 0.25) is 0 Å². The van der Waals surface area contributed by atoms with Crippen LogP contribution in [0.1, 0.15) is 6.42 Å². The Labute approximate surface area is 53.6 Å². The normalized spacial score (nSPS) is 45.9. The van der Waals surface area contributed by atoms with Crippen LogP contribution in [0, 0.1) is 11.3 Å². The molecule has 2 fully saturated rings. The Hall–Kier alpha value is -0.590. The van der Waals surface area contributed by atoms with Crippen molar-refractivity contribution in [2.24, 2.45) is 0 Å². The SMILES string of the molecule is N#CC[C@H]1NC[C@@H]2O[C@@H]21. The lowest BCUT2D eigenvalue weighted by Gasteiger charge is -2.04. The minimum atomic E-state index is 0.319. The topological polar surface area (TPSA) is 48.4 Å². The number of morpholine rings is 1. The third kappa shape index (κ3) is 0.716. The highest BCUT2D eigenvalue weighted by atomic mass is 16.6. The zero-order valence-electron chi connectivity index (χ0n) is 5.00. The Morgan fingerprint density at radius 2 is 2.67 bits per heavy atom. The fourth-order valence-corrected chi connectivity index (χ4v) is 1.35. The average molecular weight is 124 g/mol. The molecule has 9 heavy (non-hydrogen) atoms. The lowest BCUT2D eigenvalue weighted by molar-refractivity contribution is 0.290. The zero-order valence-corrected chi connectivity index (χ0v) is 5.00. The summed E-state index contributed by atoms with van der Waals surface area (Å²) < 4.78 is 5.20. The molecule has 0 aromatic rings. The summed E-state index contributed by atoms with van der Waals surface area (Å²) in [6.45, 7) is 0.941. The van der Waals surface area contributed by atoms with E-state index < -0.39 is 0 Å². The molecule has 2 saturated heterocycles. The first-order valence-electron chi connectivity index (χ1n) is 3.17. The van der Waals surface area contributed by atoms with E-state index in [1.165, 1.54) is 0 Å². The highest BCUT2D eigenvalue weighted by Crippen LogP contribution is 2.31. The lowest BCUT2D eigenvalue weighted by atomic mass is 10.2. The van der Waals surface area contributed by atoms with Crippen LogP contribution in [-0.4, -0.2) is 24.8 Å². The molecule has 0 unspecified atom stereocenters. The molecule has 3 atom stereocenters. The van der Waals surface area contributed by atoms with Crippen LogP contribution in [0.15, 0.2) is 0 Å². The van der Waals surface area contributed by atoms with Crippen LogP contribution in [0.3, 0.4) is 0 Å². The van der Waals surface area contributed by atoms with Crippen molar-refractivity contribution >= 4 is 0 Å². The first-order chi connectivity index (χ1) is 4.42. The Morgan fingerprint density at radius 1 is 1.78 bits per heavy atom. The summed E-state index contributed by atoms with van der Waals surface area (Å²) in [6, 6.07) is 2.44. The van der Waals surface area contributed by atoms with Crippen LogP contribution in [0.5, 0.6) is 0 Å². The number of nitrogens with one attached hydrogen (secondary N) is 1. The second-order valence-electron chi connectivity index (χ2n) is 2.52. The van der Waals surface area contributed by atoms with Gasteiger partial charge in [0.25, 0.3) is 0 Å². The molecule has 2 heterocycles. The van der Waals surface area contributed by atoms with Gasteiger partial charge in [0.1, 0.15) is 6.10 Å². The fraction of sp³-hybridized carbons (Fsp3) is 0.833. The standard InChI is InChI=1S/C6H8N2O/c7-2-1-4-6-5(9-6)3-8-4/h4-6,8H,1,3H2/t4-,5+,6-/m1/s1. The maximum atomic E-state index is 8.32. The van der Waals surface area contributed by atoms with Gasteiger partial charge in [0.15, 0.2) is 0 Å². The second-order valence-corrected chi connectivity index (χ2v) is 2.52. The smallest absolute Gasteiger partial charge is 0.102 e. The Kier molecular flexibility index (Phi) is 0.981. The number of nitriles is 1. The van der Waals surface area contributed by atoms with E-state index in [0.29, 0.717) is 24.7 Å². The lowest BCUT2D eigenvalue weighted by Crippen LogP contribution is -2.27. The molecule has 1 N–H and O–H groups in total. The van der Waals surface area contributed by atoms with E-state index in [-0.39, 0.29) is 0 Å². The first kappa shape index (κ1) is 5.21. The predicted molar refractivity (Wildman–Crippen MR) is 30.7 cm³/mol. The van der Waals surface area contributed by atoms with Crippen LogP contribution >= 0.6 is 0 Å². The van der Waals surface area contributed by atoms with Gasteiger partial charge in [-0.3, -0.25) is 0 Å². The molecule has 2 aliphatic heterocycles. The molecule has 0 spiro atoms. The zero-order chi connectivity index (χ0) is 6.27. The summed E-state index contributed by atoms with van der Waals surface area (Å²) >= 11 is 0. The van der Waals surface area contributed by atoms with Crippen molar-refractivity contribution in [3.8, 4) is 6.07 Å².